The van der Waals surface area contributed by atoms with Crippen molar-refractivity contribution in [2.75, 3.05) is 24.7 Å². The van der Waals surface area contributed by atoms with Crippen LogP contribution in [0.15, 0.2) is 36.2 Å². The Bertz CT molecular complexity index is 438. The van der Waals surface area contributed by atoms with E-state index in [1.54, 1.807) is 0 Å². The highest BCUT2D eigenvalue weighted by atomic mass is 16.7. The van der Waals surface area contributed by atoms with E-state index < -0.39 is 0 Å². The molecule has 2 heterocycles. The van der Waals surface area contributed by atoms with Crippen molar-refractivity contribution in [3.8, 4) is 0 Å². The van der Waals surface area contributed by atoms with E-state index >= 15 is 0 Å². The summed E-state index contributed by atoms with van der Waals surface area (Å²) >= 11 is 0. The molecular weight excluding hydrogens is 230 g/mol. The summed E-state index contributed by atoms with van der Waals surface area (Å²) in [5.41, 5.74) is 5.06. The lowest BCUT2D eigenvalue weighted by molar-refractivity contribution is 0.0277. The van der Waals surface area contributed by atoms with Crippen LogP contribution in [0.4, 0.5) is 5.69 Å². The first kappa shape index (κ1) is 11.5. The summed E-state index contributed by atoms with van der Waals surface area (Å²) < 4.78 is 5.72. The average molecular weight is 247 g/mol. The smallest absolute Gasteiger partial charge is 0.141 e. The lowest BCUT2D eigenvalue weighted by Gasteiger charge is -2.24. The zero-order chi connectivity index (χ0) is 12.4. The molecule has 2 aliphatic heterocycles. The van der Waals surface area contributed by atoms with Gasteiger partial charge >= 0.3 is 0 Å². The highest BCUT2D eigenvalue weighted by molar-refractivity contribution is 5.50. The molecule has 18 heavy (non-hydrogen) atoms. The van der Waals surface area contributed by atoms with E-state index in [2.05, 4.69) is 35.2 Å². The number of benzene rings is 1. The Kier molecular flexibility index (Phi) is 3.19. The Morgan fingerprint density at radius 2 is 2.11 bits per heavy atom. The third kappa shape index (κ3) is 2.33. The number of morpholine rings is 1. The molecule has 5 heteroatoms. The van der Waals surface area contributed by atoms with Gasteiger partial charge in [-0.15, -0.1) is 0 Å². The van der Waals surface area contributed by atoms with E-state index in [4.69, 9.17) is 9.57 Å². The van der Waals surface area contributed by atoms with E-state index in [1.807, 2.05) is 18.1 Å². The summed E-state index contributed by atoms with van der Waals surface area (Å²) in [4.78, 5) is 5.17. The number of hydrogen-bond donors (Lipinski definition) is 2. The van der Waals surface area contributed by atoms with Crippen LogP contribution in [0.25, 0.3) is 0 Å². The molecule has 96 valence electrons. The van der Waals surface area contributed by atoms with Crippen LogP contribution >= 0.6 is 0 Å². The van der Waals surface area contributed by atoms with E-state index in [0.717, 1.165) is 31.1 Å². The topological polar surface area (TPSA) is 45.8 Å². The van der Waals surface area contributed by atoms with Crippen molar-refractivity contribution in [1.82, 2.24) is 10.9 Å². The van der Waals surface area contributed by atoms with Crippen molar-refractivity contribution in [1.29, 1.82) is 0 Å². The van der Waals surface area contributed by atoms with Gasteiger partial charge in [0.2, 0.25) is 0 Å². The number of allylic oxidation sites excluding steroid dienone is 1. The minimum Gasteiger partial charge on any atom is -0.392 e. The highest BCUT2D eigenvalue weighted by Gasteiger charge is 2.16. The van der Waals surface area contributed by atoms with Gasteiger partial charge in [-0.2, -0.15) is 0 Å². The van der Waals surface area contributed by atoms with Crippen LogP contribution in [0.5, 0.6) is 0 Å². The molecule has 0 saturated carbocycles. The van der Waals surface area contributed by atoms with Gasteiger partial charge in [0.25, 0.3) is 0 Å². The molecule has 5 nitrogen and oxygen atoms in total. The number of hydrogen-bond acceptors (Lipinski definition) is 5. The second-order valence-electron chi connectivity index (χ2n) is 4.46. The average Bonchev–Trinajstić information content (AvgIpc) is 2.87. The standard InChI is InChI=1S/C13H17N3O2/c1-10-9-16(15-18-10)12-4-2-11(3-5-12)13-8-14-6-7-17-13/h2-5,9,13-15H,6-8H2,1H3/t13-/m1/s1. The molecule has 0 spiro atoms. The van der Waals surface area contributed by atoms with Crippen molar-refractivity contribution < 1.29 is 9.57 Å². The number of rotatable bonds is 2. The summed E-state index contributed by atoms with van der Waals surface area (Å²) in [6.45, 7) is 4.50. The molecule has 0 radical (unpaired) electrons. The molecule has 1 saturated heterocycles. The van der Waals surface area contributed by atoms with Gasteiger partial charge in [-0.25, -0.2) is 5.01 Å². The van der Waals surface area contributed by atoms with Crippen LogP contribution in [-0.2, 0) is 9.57 Å². The molecule has 0 unspecified atom stereocenters. The molecule has 0 aliphatic carbocycles. The Hall–Kier alpha value is -1.56. The number of nitrogens with one attached hydrogen (secondary N) is 2. The minimum absolute atomic E-state index is 0.160. The van der Waals surface area contributed by atoms with Crippen LogP contribution in [-0.4, -0.2) is 19.7 Å². The first-order valence-corrected chi connectivity index (χ1v) is 6.15. The van der Waals surface area contributed by atoms with Crippen LogP contribution in [0.2, 0.25) is 0 Å². The monoisotopic (exact) mass is 247 g/mol. The van der Waals surface area contributed by atoms with Crippen LogP contribution in [0, 0.1) is 0 Å². The summed E-state index contributed by atoms with van der Waals surface area (Å²) in [5, 5.41) is 5.18. The normalized spacial score (nSPS) is 23.7. The van der Waals surface area contributed by atoms with Crippen molar-refractivity contribution in [3.05, 3.63) is 41.8 Å². The quantitative estimate of drug-likeness (QED) is 0.828. The predicted octanol–water partition coefficient (Wildman–Crippen LogP) is 1.46. The van der Waals surface area contributed by atoms with Gasteiger partial charge in [0.05, 0.1) is 24.6 Å². The molecule has 2 aliphatic rings. The van der Waals surface area contributed by atoms with Gasteiger partial charge in [-0.1, -0.05) is 17.7 Å². The molecular formula is C13H17N3O2. The number of ether oxygens (including phenoxy) is 1. The fourth-order valence-corrected chi connectivity index (χ4v) is 2.11. The maximum atomic E-state index is 5.72. The van der Waals surface area contributed by atoms with Crippen molar-refractivity contribution in [2.24, 2.45) is 0 Å². The largest absolute Gasteiger partial charge is 0.392 e. The van der Waals surface area contributed by atoms with Gasteiger partial charge in [-0.05, 0) is 24.6 Å². The summed E-state index contributed by atoms with van der Waals surface area (Å²) in [6.07, 6.45) is 2.07. The maximum absolute atomic E-state index is 5.72. The Balaban J connectivity index is 1.72. The van der Waals surface area contributed by atoms with Crippen molar-refractivity contribution in [2.45, 2.75) is 13.0 Å². The van der Waals surface area contributed by atoms with Gasteiger partial charge in [0.15, 0.2) is 0 Å². The number of anilines is 1. The van der Waals surface area contributed by atoms with E-state index in [-0.39, 0.29) is 6.10 Å². The van der Waals surface area contributed by atoms with Gasteiger partial charge in [0, 0.05) is 13.1 Å². The molecule has 1 atom stereocenters. The lowest BCUT2D eigenvalue weighted by atomic mass is 10.1. The van der Waals surface area contributed by atoms with E-state index in [1.165, 1.54) is 5.56 Å². The van der Waals surface area contributed by atoms with Gasteiger partial charge in [-0.3, -0.25) is 0 Å². The Morgan fingerprint density at radius 3 is 2.72 bits per heavy atom. The maximum Gasteiger partial charge on any atom is 0.141 e. The number of nitrogens with zero attached hydrogens (tertiary/aromatic N) is 1. The third-order valence-corrected chi connectivity index (χ3v) is 3.09. The van der Waals surface area contributed by atoms with Crippen molar-refractivity contribution in [3.63, 3.8) is 0 Å². The molecule has 0 amide bonds. The zero-order valence-corrected chi connectivity index (χ0v) is 10.3. The summed E-state index contributed by atoms with van der Waals surface area (Å²) in [6, 6.07) is 8.30. The second-order valence-corrected chi connectivity index (χ2v) is 4.46. The molecule has 0 aromatic heterocycles. The van der Waals surface area contributed by atoms with Crippen LogP contribution in [0.3, 0.4) is 0 Å². The van der Waals surface area contributed by atoms with Gasteiger partial charge < -0.3 is 14.9 Å². The SMILES string of the molecule is CC1=CN(c2ccc([C@H]3CNCCO3)cc2)NO1. The van der Waals surface area contributed by atoms with Crippen LogP contribution < -0.4 is 15.9 Å². The third-order valence-electron chi connectivity index (χ3n) is 3.09. The molecule has 1 aromatic rings. The fourth-order valence-electron chi connectivity index (χ4n) is 2.11. The predicted molar refractivity (Wildman–Crippen MR) is 68.5 cm³/mol. The van der Waals surface area contributed by atoms with Crippen molar-refractivity contribution >= 4 is 5.69 Å². The molecule has 3 rings (SSSR count). The van der Waals surface area contributed by atoms with E-state index in [0.29, 0.717) is 0 Å². The molecule has 0 bridgehead atoms. The molecule has 1 fully saturated rings. The Morgan fingerprint density at radius 1 is 1.28 bits per heavy atom. The number of hydrazine groups is 1. The Labute approximate surface area is 106 Å². The zero-order valence-electron chi connectivity index (χ0n) is 10.3. The minimum atomic E-state index is 0.160. The van der Waals surface area contributed by atoms with Crippen LogP contribution in [0.1, 0.15) is 18.6 Å². The summed E-state index contributed by atoms with van der Waals surface area (Å²) in [5.74, 6) is 0.846. The van der Waals surface area contributed by atoms with E-state index in [9.17, 15) is 0 Å². The molecule has 2 N–H and O–H groups in total. The second kappa shape index (κ2) is 4.97. The lowest BCUT2D eigenvalue weighted by Crippen LogP contribution is -2.33. The molecule has 1 aromatic carbocycles. The first-order chi connectivity index (χ1) is 8.83. The van der Waals surface area contributed by atoms with Gasteiger partial charge in [0.1, 0.15) is 5.76 Å². The summed E-state index contributed by atoms with van der Waals surface area (Å²) in [7, 11) is 0. The fraction of sp³-hybridized carbons (Fsp3) is 0.385. The first-order valence-electron chi connectivity index (χ1n) is 6.15. The highest BCUT2D eigenvalue weighted by Crippen LogP contribution is 2.23.